The average Bonchev–Trinajstić information content (AvgIpc) is 2.69. The Kier molecular flexibility index (Phi) is 4.60. The van der Waals surface area contributed by atoms with Crippen LogP contribution in [0.3, 0.4) is 0 Å². The molecule has 25 heavy (non-hydrogen) atoms. The summed E-state index contributed by atoms with van der Waals surface area (Å²) in [5.41, 5.74) is 0. The molecule has 0 spiro atoms. The van der Waals surface area contributed by atoms with E-state index < -0.39 is 0 Å². The third kappa shape index (κ3) is 3.63. The Morgan fingerprint density at radius 2 is 1.36 bits per heavy atom. The van der Waals surface area contributed by atoms with E-state index in [1.807, 2.05) is 31.5 Å². The fourth-order valence-corrected chi connectivity index (χ4v) is 3.22. The van der Waals surface area contributed by atoms with Crippen molar-refractivity contribution >= 4 is 17.6 Å². The minimum Gasteiger partial charge on any atom is -0.378 e. The molecule has 4 rings (SSSR count). The summed E-state index contributed by atoms with van der Waals surface area (Å²) in [6, 6.07) is 3.95. The second kappa shape index (κ2) is 7.18. The third-order valence-corrected chi connectivity index (χ3v) is 4.61. The molecule has 132 valence electrons. The number of piperazine rings is 1. The number of morpholine rings is 1. The highest BCUT2D eigenvalue weighted by atomic mass is 16.5. The Balaban J connectivity index is 1.42. The van der Waals surface area contributed by atoms with Gasteiger partial charge in [0.05, 0.1) is 13.2 Å². The molecule has 8 heteroatoms. The summed E-state index contributed by atoms with van der Waals surface area (Å²) in [6.07, 6.45) is 3.67. The second-order valence-electron chi connectivity index (χ2n) is 6.25. The highest BCUT2D eigenvalue weighted by molar-refractivity contribution is 5.46. The molecule has 2 saturated heterocycles. The van der Waals surface area contributed by atoms with Gasteiger partial charge in [0.2, 0.25) is 5.95 Å². The van der Waals surface area contributed by atoms with Crippen molar-refractivity contribution in [1.82, 2.24) is 19.9 Å². The zero-order valence-corrected chi connectivity index (χ0v) is 14.5. The van der Waals surface area contributed by atoms with Gasteiger partial charge in [0, 0.05) is 51.7 Å². The average molecular weight is 341 g/mol. The first-order valence-electron chi connectivity index (χ1n) is 8.75. The number of aryl methyl sites for hydroxylation is 1. The molecule has 0 aliphatic carbocycles. The maximum absolute atomic E-state index is 5.42. The topological polar surface area (TPSA) is 70.5 Å². The van der Waals surface area contributed by atoms with Crippen LogP contribution in [-0.4, -0.2) is 72.4 Å². The summed E-state index contributed by atoms with van der Waals surface area (Å²) in [5, 5.41) is 0. The number of rotatable bonds is 3. The van der Waals surface area contributed by atoms with Gasteiger partial charge in [0.15, 0.2) is 0 Å². The predicted molar refractivity (Wildman–Crippen MR) is 96.3 cm³/mol. The number of ether oxygens (including phenoxy) is 1. The Morgan fingerprint density at radius 1 is 0.760 bits per heavy atom. The van der Waals surface area contributed by atoms with Gasteiger partial charge in [-0.25, -0.2) is 15.0 Å². The fourth-order valence-electron chi connectivity index (χ4n) is 3.22. The van der Waals surface area contributed by atoms with Crippen molar-refractivity contribution < 1.29 is 4.74 Å². The monoisotopic (exact) mass is 341 g/mol. The fraction of sp³-hybridized carbons (Fsp3) is 0.529. The van der Waals surface area contributed by atoms with E-state index in [1.54, 1.807) is 0 Å². The summed E-state index contributed by atoms with van der Waals surface area (Å²) in [5.74, 6) is 3.60. The summed E-state index contributed by atoms with van der Waals surface area (Å²) in [7, 11) is 0. The van der Waals surface area contributed by atoms with Gasteiger partial charge in [-0.05, 0) is 19.1 Å². The van der Waals surface area contributed by atoms with Gasteiger partial charge in [0.1, 0.15) is 17.5 Å². The Hall–Kier alpha value is -2.48. The molecule has 2 aromatic heterocycles. The van der Waals surface area contributed by atoms with Gasteiger partial charge in [-0.2, -0.15) is 4.98 Å². The van der Waals surface area contributed by atoms with E-state index >= 15 is 0 Å². The molecule has 2 aromatic rings. The van der Waals surface area contributed by atoms with Crippen LogP contribution in [0, 0.1) is 6.92 Å². The second-order valence-corrected chi connectivity index (χ2v) is 6.25. The van der Waals surface area contributed by atoms with E-state index in [-0.39, 0.29) is 0 Å². The Morgan fingerprint density at radius 3 is 2.08 bits per heavy atom. The van der Waals surface area contributed by atoms with Crippen LogP contribution in [0.5, 0.6) is 0 Å². The molecule has 0 bridgehead atoms. The van der Waals surface area contributed by atoms with E-state index in [4.69, 9.17) is 9.72 Å². The van der Waals surface area contributed by atoms with Crippen molar-refractivity contribution in [3.63, 3.8) is 0 Å². The van der Waals surface area contributed by atoms with Crippen LogP contribution in [0.15, 0.2) is 24.5 Å². The molecular weight excluding hydrogens is 318 g/mol. The summed E-state index contributed by atoms with van der Waals surface area (Å²) < 4.78 is 5.42. The standard InChI is InChI=1S/C17H23N7O/c1-14-18-4-2-15(20-14)22-6-8-24(9-7-22)17-19-5-3-16(21-17)23-10-12-25-13-11-23/h2-5H,6-13H2,1H3. The first-order chi connectivity index (χ1) is 12.3. The van der Waals surface area contributed by atoms with Crippen LogP contribution in [0.4, 0.5) is 17.6 Å². The van der Waals surface area contributed by atoms with E-state index in [2.05, 4.69) is 29.7 Å². The molecule has 2 aliphatic rings. The lowest BCUT2D eigenvalue weighted by atomic mass is 10.3. The van der Waals surface area contributed by atoms with E-state index in [9.17, 15) is 0 Å². The lowest BCUT2D eigenvalue weighted by Crippen LogP contribution is -2.47. The molecule has 0 N–H and O–H groups in total. The molecule has 8 nitrogen and oxygen atoms in total. The number of nitrogens with zero attached hydrogens (tertiary/aromatic N) is 7. The van der Waals surface area contributed by atoms with Crippen molar-refractivity contribution in [3.05, 3.63) is 30.4 Å². The van der Waals surface area contributed by atoms with E-state index in [1.165, 1.54) is 0 Å². The van der Waals surface area contributed by atoms with Crippen molar-refractivity contribution in [2.45, 2.75) is 6.92 Å². The van der Waals surface area contributed by atoms with Gasteiger partial charge >= 0.3 is 0 Å². The number of hydrogen-bond donors (Lipinski definition) is 0. The lowest BCUT2D eigenvalue weighted by Gasteiger charge is -2.36. The lowest BCUT2D eigenvalue weighted by molar-refractivity contribution is 0.122. The number of aromatic nitrogens is 4. The molecule has 0 saturated carbocycles. The summed E-state index contributed by atoms with van der Waals surface area (Å²) >= 11 is 0. The molecule has 2 fully saturated rings. The molecule has 0 atom stereocenters. The highest BCUT2D eigenvalue weighted by Gasteiger charge is 2.21. The largest absolute Gasteiger partial charge is 0.378 e. The van der Waals surface area contributed by atoms with Gasteiger partial charge in [-0.3, -0.25) is 0 Å². The van der Waals surface area contributed by atoms with Crippen LogP contribution in [-0.2, 0) is 4.74 Å². The van der Waals surface area contributed by atoms with Crippen LogP contribution >= 0.6 is 0 Å². The number of hydrogen-bond acceptors (Lipinski definition) is 8. The first-order valence-corrected chi connectivity index (χ1v) is 8.75. The normalized spacial score (nSPS) is 18.5. The zero-order valence-electron chi connectivity index (χ0n) is 14.5. The van der Waals surface area contributed by atoms with Crippen LogP contribution in [0.1, 0.15) is 5.82 Å². The van der Waals surface area contributed by atoms with Crippen LogP contribution in [0.25, 0.3) is 0 Å². The van der Waals surface area contributed by atoms with Crippen molar-refractivity contribution in [3.8, 4) is 0 Å². The maximum Gasteiger partial charge on any atom is 0.227 e. The minimum atomic E-state index is 0.760. The first kappa shape index (κ1) is 16.0. The highest BCUT2D eigenvalue weighted by Crippen LogP contribution is 2.19. The molecule has 0 unspecified atom stereocenters. The van der Waals surface area contributed by atoms with E-state index in [0.29, 0.717) is 0 Å². The predicted octanol–water partition coefficient (Wildman–Crippen LogP) is 0.738. The molecular formula is C17H23N7O. The smallest absolute Gasteiger partial charge is 0.227 e. The number of anilines is 3. The van der Waals surface area contributed by atoms with Crippen LogP contribution in [0.2, 0.25) is 0 Å². The minimum absolute atomic E-state index is 0.760. The third-order valence-electron chi connectivity index (χ3n) is 4.61. The molecule has 4 heterocycles. The van der Waals surface area contributed by atoms with Crippen molar-refractivity contribution in [2.75, 3.05) is 67.2 Å². The van der Waals surface area contributed by atoms with Gasteiger partial charge < -0.3 is 19.4 Å². The maximum atomic E-state index is 5.42. The Labute approximate surface area is 147 Å². The van der Waals surface area contributed by atoms with E-state index in [0.717, 1.165) is 75.9 Å². The van der Waals surface area contributed by atoms with Crippen molar-refractivity contribution in [1.29, 1.82) is 0 Å². The molecule has 0 radical (unpaired) electrons. The van der Waals surface area contributed by atoms with Crippen LogP contribution < -0.4 is 14.7 Å². The Bertz CT molecular complexity index is 712. The van der Waals surface area contributed by atoms with Crippen molar-refractivity contribution in [2.24, 2.45) is 0 Å². The molecule has 0 amide bonds. The van der Waals surface area contributed by atoms with Gasteiger partial charge in [-0.1, -0.05) is 0 Å². The molecule has 2 aliphatic heterocycles. The quantitative estimate of drug-likeness (QED) is 0.810. The molecule has 0 aromatic carbocycles. The summed E-state index contributed by atoms with van der Waals surface area (Å²) in [4.78, 5) is 24.7. The summed E-state index contributed by atoms with van der Waals surface area (Å²) in [6.45, 7) is 8.79. The van der Waals surface area contributed by atoms with Gasteiger partial charge in [-0.15, -0.1) is 0 Å². The van der Waals surface area contributed by atoms with Gasteiger partial charge in [0.25, 0.3) is 0 Å². The SMILES string of the molecule is Cc1nccc(N2CCN(c3nccc(N4CCOCC4)n3)CC2)n1. The zero-order chi connectivity index (χ0) is 17.1.